The van der Waals surface area contributed by atoms with E-state index in [1.54, 1.807) is 44.6 Å². The number of benzene rings is 2. The van der Waals surface area contributed by atoms with Crippen LogP contribution in [0.5, 0.6) is 5.75 Å². The molecule has 0 aliphatic carbocycles. The first-order valence-electron chi connectivity index (χ1n) is 7.74. The summed E-state index contributed by atoms with van der Waals surface area (Å²) < 4.78 is 13.0. The number of aromatic nitrogens is 1. The van der Waals surface area contributed by atoms with Gasteiger partial charge in [0.2, 0.25) is 0 Å². The SMILES string of the molecule is COCCn1c(=NC(=O)c2ccc(OC)cc2)sc2cc(Cl)cc(Cl)c21. The molecule has 0 bridgehead atoms. The average molecular weight is 411 g/mol. The highest BCUT2D eigenvalue weighted by atomic mass is 35.5. The van der Waals surface area contributed by atoms with Gasteiger partial charge < -0.3 is 14.0 Å². The fourth-order valence-corrected chi connectivity index (χ4v) is 4.33. The second-order valence-corrected chi connectivity index (χ2v) is 7.26. The van der Waals surface area contributed by atoms with E-state index in [0.29, 0.717) is 39.3 Å². The summed E-state index contributed by atoms with van der Waals surface area (Å²) in [6.45, 7) is 0.987. The monoisotopic (exact) mass is 410 g/mol. The molecule has 1 aromatic heterocycles. The van der Waals surface area contributed by atoms with Crippen molar-refractivity contribution in [2.45, 2.75) is 6.54 Å². The van der Waals surface area contributed by atoms with Crippen molar-refractivity contribution in [3.8, 4) is 5.75 Å². The maximum atomic E-state index is 12.6. The van der Waals surface area contributed by atoms with Crippen LogP contribution in [0.1, 0.15) is 10.4 Å². The summed E-state index contributed by atoms with van der Waals surface area (Å²) in [6.07, 6.45) is 0. The summed E-state index contributed by atoms with van der Waals surface area (Å²) in [5.41, 5.74) is 1.27. The van der Waals surface area contributed by atoms with Crippen LogP contribution >= 0.6 is 34.5 Å². The molecular formula is C18H16Cl2N2O3S. The Balaban J connectivity index is 2.10. The normalized spacial score (nSPS) is 11.9. The Morgan fingerprint density at radius 2 is 1.92 bits per heavy atom. The van der Waals surface area contributed by atoms with Crippen molar-refractivity contribution in [3.05, 3.63) is 56.8 Å². The van der Waals surface area contributed by atoms with Crippen LogP contribution in [0.4, 0.5) is 0 Å². The standard InChI is InChI=1S/C18H16Cl2N2O3S/c1-24-8-7-22-16-14(20)9-12(19)10-15(16)26-18(22)21-17(23)11-3-5-13(25-2)6-4-11/h3-6,9-10H,7-8H2,1-2H3. The smallest absolute Gasteiger partial charge is 0.279 e. The number of rotatable bonds is 5. The lowest BCUT2D eigenvalue weighted by atomic mass is 10.2. The maximum Gasteiger partial charge on any atom is 0.279 e. The summed E-state index contributed by atoms with van der Waals surface area (Å²) in [6, 6.07) is 10.3. The molecule has 0 saturated carbocycles. The van der Waals surface area contributed by atoms with Crippen molar-refractivity contribution in [1.29, 1.82) is 0 Å². The van der Waals surface area contributed by atoms with E-state index in [9.17, 15) is 4.79 Å². The van der Waals surface area contributed by atoms with E-state index in [4.69, 9.17) is 32.7 Å². The zero-order chi connectivity index (χ0) is 18.7. The van der Waals surface area contributed by atoms with Gasteiger partial charge in [0.25, 0.3) is 5.91 Å². The largest absolute Gasteiger partial charge is 0.497 e. The quantitative estimate of drug-likeness (QED) is 0.625. The van der Waals surface area contributed by atoms with Crippen molar-refractivity contribution in [3.63, 3.8) is 0 Å². The fraction of sp³-hybridized carbons (Fsp3) is 0.222. The molecule has 0 unspecified atom stereocenters. The molecule has 0 radical (unpaired) electrons. The minimum Gasteiger partial charge on any atom is -0.497 e. The summed E-state index contributed by atoms with van der Waals surface area (Å²) in [4.78, 5) is 17.4. The van der Waals surface area contributed by atoms with E-state index in [-0.39, 0.29) is 5.91 Å². The molecule has 1 heterocycles. The van der Waals surface area contributed by atoms with Gasteiger partial charge in [0, 0.05) is 24.2 Å². The molecule has 0 N–H and O–H groups in total. The first-order chi connectivity index (χ1) is 12.5. The minimum absolute atomic E-state index is 0.340. The van der Waals surface area contributed by atoms with Crippen LogP contribution < -0.4 is 9.54 Å². The zero-order valence-corrected chi connectivity index (χ0v) is 16.5. The molecule has 8 heteroatoms. The van der Waals surface area contributed by atoms with Gasteiger partial charge in [-0.15, -0.1) is 0 Å². The van der Waals surface area contributed by atoms with Gasteiger partial charge in [0.05, 0.1) is 29.0 Å². The van der Waals surface area contributed by atoms with Crippen LogP contribution in [0.2, 0.25) is 10.0 Å². The molecule has 5 nitrogen and oxygen atoms in total. The Morgan fingerprint density at radius 3 is 2.58 bits per heavy atom. The number of hydrogen-bond donors (Lipinski definition) is 0. The second-order valence-electron chi connectivity index (χ2n) is 5.41. The van der Waals surface area contributed by atoms with Gasteiger partial charge in [-0.3, -0.25) is 4.79 Å². The van der Waals surface area contributed by atoms with E-state index in [0.717, 1.165) is 10.2 Å². The molecule has 0 atom stereocenters. The third kappa shape index (κ3) is 3.94. The summed E-state index contributed by atoms with van der Waals surface area (Å²) in [5.74, 6) is 0.340. The van der Waals surface area contributed by atoms with Crippen LogP contribution in [0.15, 0.2) is 41.4 Å². The minimum atomic E-state index is -0.340. The Hall–Kier alpha value is -1.86. The predicted octanol–water partition coefficient (Wildman–Crippen LogP) is 4.41. The van der Waals surface area contributed by atoms with Gasteiger partial charge in [-0.05, 0) is 36.4 Å². The number of methoxy groups -OCH3 is 2. The molecule has 3 aromatic rings. The van der Waals surface area contributed by atoms with Gasteiger partial charge >= 0.3 is 0 Å². The number of halogens is 2. The second kappa shape index (κ2) is 8.22. The molecular weight excluding hydrogens is 395 g/mol. The Labute approximate surface area is 164 Å². The third-order valence-electron chi connectivity index (χ3n) is 3.75. The van der Waals surface area contributed by atoms with Crippen molar-refractivity contribution >= 4 is 50.7 Å². The third-order valence-corrected chi connectivity index (χ3v) is 5.28. The fourth-order valence-electron chi connectivity index (χ4n) is 2.49. The molecule has 0 aliphatic heterocycles. The van der Waals surface area contributed by atoms with Crippen molar-refractivity contribution < 1.29 is 14.3 Å². The van der Waals surface area contributed by atoms with Crippen LogP contribution in [0.25, 0.3) is 10.2 Å². The van der Waals surface area contributed by atoms with Crippen molar-refractivity contribution in [1.82, 2.24) is 4.57 Å². The van der Waals surface area contributed by atoms with Crippen molar-refractivity contribution in [2.24, 2.45) is 4.99 Å². The van der Waals surface area contributed by atoms with Crippen LogP contribution in [-0.2, 0) is 11.3 Å². The van der Waals surface area contributed by atoms with E-state index < -0.39 is 0 Å². The topological polar surface area (TPSA) is 52.8 Å². The summed E-state index contributed by atoms with van der Waals surface area (Å²) >= 11 is 13.8. The molecule has 3 rings (SSSR count). The van der Waals surface area contributed by atoms with E-state index in [1.807, 2.05) is 10.6 Å². The van der Waals surface area contributed by atoms with Gasteiger partial charge in [0.15, 0.2) is 4.80 Å². The van der Waals surface area contributed by atoms with E-state index >= 15 is 0 Å². The summed E-state index contributed by atoms with van der Waals surface area (Å²) in [7, 11) is 3.19. The van der Waals surface area contributed by atoms with Gasteiger partial charge in [-0.2, -0.15) is 4.99 Å². The number of amides is 1. The number of nitrogens with zero attached hydrogens (tertiary/aromatic N) is 2. The highest BCUT2D eigenvalue weighted by Crippen LogP contribution is 2.29. The van der Waals surface area contributed by atoms with Crippen LogP contribution in [0.3, 0.4) is 0 Å². The molecule has 0 fully saturated rings. The number of thiazole rings is 1. The van der Waals surface area contributed by atoms with Crippen LogP contribution in [-0.4, -0.2) is 31.3 Å². The Morgan fingerprint density at radius 1 is 1.19 bits per heavy atom. The lowest BCUT2D eigenvalue weighted by molar-refractivity contribution is 0.0997. The molecule has 0 saturated heterocycles. The molecule has 26 heavy (non-hydrogen) atoms. The lowest BCUT2D eigenvalue weighted by Gasteiger charge is -2.06. The van der Waals surface area contributed by atoms with Crippen molar-refractivity contribution in [2.75, 3.05) is 20.8 Å². The van der Waals surface area contributed by atoms with E-state index in [2.05, 4.69) is 4.99 Å². The van der Waals surface area contributed by atoms with Crippen LogP contribution in [0, 0.1) is 0 Å². The van der Waals surface area contributed by atoms with Gasteiger partial charge in [-0.25, -0.2) is 0 Å². The molecule has 136 valence electrons. The Kier molecular flexibility index (Phi) is 5.98. The number of carbonyl (C=O) groups is 1. The van der Waals surface area contributed by atoms with Gasteiger partial charge in [-0.1, -0.05) is 34.5 Å². The number of ether oxygens (including phenoxy) is 2. The predicted molar refractivity (Wildman–Crippen MR) is 105 cm³/mol. The summed E-state index contributed by atoms with van der Waals surface area (Å²) in [5, 5.41) is 1.05. The Bertz CT molecular complexity index is 1010. The molecule has 1 amide bonds. The van der Waals surface area contributed by atoms with Gasteiger partial charge in [0.1, 0.15) is 5.75 Å². The maximum absolute atomic E-state index is 12.6. The lowest BCUT2D eigenvalue weighted by Crippen LogP contribution is -2.19. The molecule has 0 spiro atoms. The average Bonchev–Trinajstić information content (AvgIpc) is 2.97. The van der Waals surface area contributed by atoms with E-state index in [1.165, 1.54) is 11.3 Å². The number of carbonyl (C=O) groups excluding carboxylic acids is 1. The highest BCUT2D eigenvalue weighted by Gasteiger charge is 2.13. The first kappa shape index (κ1) is 18.9. The number of hydrogen-bond acceptors (Lipinski definition) is 4. The first-order valence-corrected chi connectivity index (χ1v) is 9.31. The zero-order valence-electron chi connectivity index (χ0n) is 14.2. The molecule has 0 aliphatic rings. The molecule has 2 aromatic carbocycles. The highest BCUT2D eigenvalue weighted by molar-refractivity contribution is 7.16. The number of fused-ring (bicyclic) bond motifs is 1.